The number of carbonyl (C=O) groups is 2. The van der Waals surface area contributed by atoms with Crippen LogP contribution in [-0.4, -0.2) is 16.8 Å². The highest BCUT2D eigenvalue weighted by Gasteiger charge is 2.10. The number of hydrogen-bond acceptors (Lipinski definition) is 4. The number of furan rings is 1. The van der Waals surface area contributed by atoms with Crippen molar-refractivity contribution in [2.24, 2.45) is 0 Å². The second kappa shape index (κ2) is 6.01. The lowest BCUT2D eigenvalue weighted by Crippen LogP contribution is -2.14. The van der Waals surface area contributed by atoms with Crippen molar-refractivity contribution < 1.29 is 14.0 Å². The zero-order valence-electron chi connectivity index (χ0n) is 11.3. The Morgan fingerprint density at radius 3 is 2.75 bits per heavy atom. The highest BCUT2D eigenvalue weighted by atomic mass is 16.3. The molecule has 0 saturated heterocycles. The van der Waals surface area contributed by atoms with Gasteiger partial charge in [-0.1, -0.05) is 6.92 Å². The van der Waals surface area contributed by atoms with Gasteiger partial charge in [0.1, 0.15) is 5.82 Å². The Hall–Kier alpha value is -2.63. The highest BCUT2D eigenvalue weighted by molar-refractivity contribution is 6.01. The van der Waals surface area contributed by atoms with Gasteiger partial charge in [-0.05, 0) is 30.7 Å². The number of anilines is 2. The Morgan fingerprint density at radius 2 is 2.15 bits per heavy atom. The number of carbonyl (C=O) groups excluding carboxylic acids is 2. The maximum absolute atomic E-state index is 11.8. The zero-order chi connectivity index (χ0) is 14.5. The van der Waals surface area contributed by atoms with Crippen molar-refractivity contribution >= 4 is 23.3 Å². The maximum atomic E-state index is 11.8. The van der Waals surface area contributed by atoms with E-state index in [4.69, 9.17) is 4.42 Å². The van der Waals surface area contributed by atoms with Gasteiger partial charge in [-0.2, -0.15) is 0 Å². The number of nitrogens with zero attached hydrogens (tertiary/aromatic N) is 1. The fourth-order valence-corrected chi connectivity index (χ4v) is 1.58. The standard InChI is InChI=1S/C14H15N3O3/c1-3-13(18)16-10-8-15-12(7-9(10)2)17-14(19)11-5-4-6-20-11/h4-8H,3H2,1-2H3,(H,16,18)(H,15,17,19). The molecule has 2 amide bonds. The van der Waals surface area contributed by atoms with Gasteiger partial charge >= 0.3 is 0 Å². The number of amides is 2. The van der Waals surface area contributed by atoms with Crippen molar-refractivity contribution in [2.75, 3.05) is 10.6 Å². The topological polar surface area (TPSA) is 84.2 Å². The summed E-state index contributed by atoms with van der Waals surface area (Å²) >= 11 is 0. The summed E-state index contributed by atoms with van der Waals surface area (Å²) in [5, 5.41) is 5.36. The van der Waals surface area contributed by atoms with Gasteiger partial charge in [-0.15, -0.1) is 0 Å². The summed E-state index contributed by atoms with van der Waals surface area (Å²) in [6.07, 6.45) is 3.34. The first-order valence-corrected chi connectivity index (χ1v) is 6.21. The minimum absolute atomic E-state index is 0.0812. The average molecular weight is 273 g/mol. The summed E-state index contributed by atoms with van der Waals surface area (Å²) in [7, 11) is 0. The molecule has 0 aliphatic heterocycles. The molecule has 0 aliphatic rings. The number of aryl methyl sites for hydroxylation is 1. The predicted octanol–water partition coefficient (Wildman–Crippen LogP) is 2.58. The van der Waals surface area contributed by atoms with Crippen LogP contribution in [0.25, 0.3) is 0 Å². The molecule has 2 N–H and O–H groups in total. The van der Waals surface area contributed by atoms with E-state index in [0.717, 1.165) is 5.56 Å². The summed E-state index contributed by atoms with van der Waals surface area (Å²) in [5.41, 5.74) is 1.45. The molecule has 104 valence electrons. The SMILES string of the molecule is CCC(=O)Nc1cnc(NC(=O)c2ccco2)cc1C. The molecule has 2 aromatic heterocycles. The van der Waals surface area contributed by atoms with Gasteiger partial charge < -0.3 is 15.1 Å². The van der Waals surface area contributed by atoms with Crippen LogP contribution in [0.2, 0.25) is 0 Å². The van der Waals surface area contributed by atoms with Crippen LogP contribution in [0, 0.1) is 6.92 Å². The molecular formula is C14H15N3O3. The average Bonchev–Trinajstić information content (AvgIpc) is 2.95. The lowest BCUT2D eigenvalue weighted by Gasteiger charge is -2.09. The first kappa shape index (κ1) is 13.8. The third kappa shape index (κ3) is 3.23. The largest absolute Gasteiger partial charge is 0.459 e. The van der Waals surface area contributed by atoms with E-state index in [0.29, 0.717) is 17.9 Å². The number of nitrogens with one attached hydrogen (secondary N) is 2. The molecule has 0 unspecified atom stereocenters. The van der Waals surface area contributed by atoms with Crippen LogP contribution < -0.4 is 10.6 Å². The van der Waals surface area contributed by atoms with Gasteiger partial charge in [-0.3, -0.25) is 9.59 Å². The van der Waals surface area contributed by atoms with Gasteiger partial charge in [0.05, 0.1) is 18.1 Å². The molecule has 2 rings (SSSR count). The summed E-state index contributed by atoms with van der Waals surface area (Å²) in [6.45, 7) is 3.60. The summed E-state index contributed by atoms with van der Waals surface area (Å²) in [6, 6.07) is 4.89. The van der Waals surface area contributed by atoms with Crippen LogP contribution in [0.5, 0.6) is 0 Å². The van der Waals surface area contributed by atoms with Gasteiger partial charge in [-0.25, -0.2) is 4.98 Å². The molecule has 2 aromatic rings. The van der Waals surface area contributed by atoms with Crippen molar-refractivity contribution in [1.29, 1.82) is 0 Å². The van der Waals surface area contributed by atoms with E-state index in [9.17, 15) is 9.59 Å². The van der Waals surface area contributed by atoms with Crippen molar-refractivity contribution in [2.45, 2.75) is 20.3 Å². The number of aromatic nitrogens is 1. The number of rotatable bonds is 4. The van der Waals surface area contributed by atoms with Gasteiger partial charge in [0.15, 0.2) is 5.76 Å². The molecule has 0 aliphatic carbocycles. The second-order valence-corrected chi connectivity index (χ2v) is 4.22. The first-order valence-electron chi connectivity index (χ1n) is 6.21. The van der Waals surface area contributed by atoms with E-state index >= 15 is 0 Å². The first-order chi connectivity index (χ1) is 9.60. The molecule has 0 radical (unpaired) electrons. The third-order valence-electron chi connectivity index (χ3n) is 2.69. The Balaban J connectivity index is 2.09. The summed E-state index contributed by atoms with van der Waals surface area (Å²) < 4.78 is 4.99. The molecule has 0 bridgehead atoms. The lowest BCUT2D eigenvalue weighted by molar-refractivity contribution is -0.115. The number of hydrogen-bond donors (Lipinski definition) is 2. The smallest absolute Gasteiger partial charge is 0.292 e. The van der Waals surface area contributed by atoms with Crippen LogP contribution in [0.1, 0.15) is 29.5 Å². The van der Waals surface area contributed by atoms with E-state index in [1.807, 2.05) is 6.92 Å². The normalized spacial score (nSPS) is 10.1. The fourth-order valence-electron chi connectivity index (χ4n) is 1.58. The summed E-state index contributed by atoms with van der Waals surface area (Å²) in [4.78, 5) is 27.2. The summed E-state index contributed by atoms with van der Waals surface area (Å²) in [5.74, 6) is 0.167. The molecule has 2 heterocycles. The number of pyridine rings is 1. The monoisotopic (exact) mass is 273 g/mol. The Morgan fingerprint density at radius 1 is 1.35 bits per heavy atom. The van der Waals surface area contributed by atoms with Crippen molar-refractivity contribution in [3.8, 4) is 0 Å². The Kier molecular flexibility index (Phi) is 4.14. The van der Waals surface area contributed by atoms with Crippen LogP contribution in [0.3, 0.4) is 0 Å². The van der Waals surface area contributed by atoms with Crippen molar-refractivity contribution in [3.05, 3.63) is 42.0 Å². The van der Waals surface area contributed by atoms with Gasteiger partial charge in [0.2, 0.25) is 5.91 Å². The van der Waals surface area contributed by atoms with E-state index in [1.165, 1.54) is 12.5 Å². The minimum Gasteiger partial charge on any atom is -0.459 e. The molecule has 0 atom stereocenters. The molecule has 0 saturated carbocycles. The van der Waals surface area contributed by atoms with Crippen molar-refractivity contribution in [3.63, 3.8) is 0 Å². The second-order valence-electron chi connectivity index (χ2n) is 4.22. The van der Waals surface area contributed by atoms with E-state index in [-0.39, 0.29) is 17.6 Å². The molecular weight excluding hydrogens is 258 g/mol. The Labute approximate surface area is 116 Å². The lowest BCUT2D eigenvalue weighted by atomic mass is 10.2. The van der Waals surface area contributed by atoms with Gasteiger partial charge in [0.25, 0.3) is 5.91 Å². The molecule has 0 spiro atoms. The van der Waals surface area contributed by atoms with E-state index < -0.39 is 0 Å². The molecule has 0 fully saturated rings. The van der Waals surface area contributed by atoms with E-state index in [1.54, 1.807) is 25.1 Å². The van der Waals surface area contributed by atoms with Crippen LogP contribution in [-0.2, 0) is 4.79 Å². The zero-order valence-corrected chi connectivity index (χ0v) is 11.3. The Bertz CT molecular complexity index is 621. The molecule has 20 heavy (non-hydrogen) atoms. The van der Waals surface area contributed by atoms with Crippen molar-refractivity contribution in [1.82, 2.24) is 4.98 Å². The highest BCUT2D eigenvalue weighted by Crippen LogP contribution is 2.17. The van der Waals surface area contributed by atoms with Crippen LogP contribution >= 0.6 is 0 Å². The van der Waals surface area contributed by atoms with Gasteiger partial charge in [0, 0.05) is 6.42 Å². The third-order valence-corrected chi connectivity index (χ3v) is 2.69. The molecule has 0 aromatic carbocycles. The van der Waals surface area contributed by atoms with E-state index in [2.05, 4.69) is 15.6 Å². The molecule has 6 heteroatoms. The predicted molar refractivity (Wildman–Crippen MR) is 74.6 cm³/mol. The quantitative estimate of drug-likeness (QED) is 0.896. The molecule has 6 nitrogen and oxygen atoms in total. The minimum atomic E-state index is -0.368. The fraction of sp³-hybridized carbons (Fsp3) is 0.214. The van der Waals surface area contributed by atoms with Crippen LogP contribution in [0.15, 0.2) is 35.1 Å². The van der Waals surface area contributed by atoms with Crippen LogP contribution in [0.4, 0.5) is 11.5 Å². The maximum Gasteiger partial charge on any atom is 0.292 e.